The van der Waals surface area contributed by atoms with Crippen LogP contribution in [0.4, 0.5) is 0 Å². The fourth-order valence-electron chi connectivity index (χ4n) is 2.24. The molecule has 0 amide bonds. The molecule has 21 heavy (non-hydrogen) atoms. The number of benzene rings is 2. The second-order valence-corrected chi connectivity index (χ2v) is 5.65. The summed E-state index contributed by atoms with van der Waals surface area (Å²) in [5.41, 5.74) is 2.10. The maximum Gasteiger partial charge on any atom is 0.119 e. The molecule has 0 bridgehead atoms. The van der Waals surface area contributed by atoms with Crippen LogP contribution >= 0.6 is 23.2 Å². The number of hydrogen-bond acceptors (Lipinski definition) is 2. The van der Waals surface area contributed by atoms with E-state index in [4.69, 9.17) is 27.9 Å². The van der Waals surface area contributed by atoms with E-state index in [1.165, 1.54) is 0 Å². The highest BCUT2D eigenvalue weighted by atomic mass is 35.5. The number of halogens is 2. The third-order valence-corrected chi connectivity index (χ3v) is 3.79. The Morgan fingerprint density at radius 1 is 1.14 bits per heavy atom. The minimum Gasteiger partial charge on any atom is -0.494 e. The van der Waals surface area contributed by atoms with Crippen molar-refractivity contribution in [1.29, 1.82) is 0 Å². The Balaban J connectivity index is 2.32. The molecule has 112 valence electrons. The van der Waals surface area contributed by atoms with Gasteiger partial charge in [0.15, 0.2) is 0 Å². The molecule has 2 aromatic carbocycles. The lowest BCUT2D eigenvalue weighted by molar-refractivity contribution is 0.317. The lowest BCUT2D eigenvalue weighted by Gasteiger charge is -2.19. The van der Waals surface area contributed by atoms with E-state index in [9.17, 15) is 0 Å². The van der Waals surface area contributed by atoms with Crippen LogP contribution in [0.15, 0.2) is 42.5 Å². The summed E-state index contributed by atoms with van der Waals surface area (Å²) < 4.78 is 5.69. The van der Waals surface area contributed by atoms with Crippen molar-refractivity contribution in [1.82, 2.24) is 5.32 Å². The fraction of sp³-hybridized carbons (Fsp3) is 0.294. The minimum atomic E-state index is -0.0000526. The molecule has 0 aliphatic rings. The number of rotatable bonds is 6. The molecule has 0 radical (unpaired) electrons. The highest BCUT2D eigenvalue weighted by molar-refractivity contribution is 6.35. The molecule has 1 unspecified atom stereocenters. The van der Waals surface area contributed by atoms with Crippen LogP contribution < -0.4 is 10.1 Å². The summed E-state index contributed by atoms with van der Waals surface area (Å²) in [6, 6.07) is 13.6. The van der Waals surface area contributed by atoms with Gasteiger partial charge in [-0.25, -0.2) is 0 Å². The van der Waals surface area contributed by atoms with E-state index in [1.54, 1.807) is 6.07 Å². The van der Waals surface area contributed by atoms with Crippen LogP contribution in [-0.2, 0) is 0 Å². The molecular weight excluding hydrogens is 305 g/mol. The summed E-state index contributed by atoms with van der Waals surface area (Å²) in [5.74, 6) is 0.875. The van der Waals surface area contributed by atoms with Crippen molar-refractivity contribution in [2.45, 2.75) is 19.4 Å². The van der Waals surface area contributed by atoms with E-state index >= 15 is 0 Å². The number of hydrogen-bond donors (Lipinski definition) is 1. The molecule has 0 spiro atoms. The van der Waals surface area contributed by atoms with Gasteiger partial charge in [0, 0.05) is 10.0 Å². The molecule has 2 rings (SSSR count). The topological polar surface area (TPSA) is 21.3 Å². The van der Waals surface area contributed by atoms with E-state index in [0.717, 1.165) is 29.9 Å². The first-order valence-corrected chi connectivity index (χ1v) is 7.76. The van der Waals surface area contributed by atoms with Crippen LogP contribution in [0.25, 0.3) is 0 Å². The average molecular weight is 324 g/mol. The molecular formula is C17H19Cl2NO. The molecule has 0 saturated heterocycles. The second-order valence-electron chi connectivity index (χ2n) is 4.81. The highest BCUT2D eigenvalue weighted by Crippen LogP contribution is 2.31. The Morgan fingerprint density at radius 2 is 1.95 bits per heavy atom. The maximum absolute atomic E-state index is 6.32. The zero-order valence-corrected chi connectivity index (χ0v) is 13.7. The Morgan fingerprint density at radius 3 is 2.62 bits per heavy atom. The predicted molar refractivity (Wildman–Crippen MR) is 89.6 cm³/mol. The van der Waals surface area contributed by atoms with Crippen LogP contribution in [0.3, 0.4) is 0 Å². The smallest absolute Gasteiger partial charge is 0.119 e. The van der Waals surface area contributed by atoms with Gasteiger partial charge < -0.3 is 10.1 Å². The zero-order chi connectivity index (χ0) is 15.2. The van der Waals surface area contributed by atoms with Crippen molar-refractivity contribution >= 4 is 23.2 Å². The number of nitrogens with one attached hydrogen (secondary N) is 1. The first-order chi connectivity index (χ1) is 10.2. The van der Waals surface area contributed by atoms with E-state index in [2.05, 4.69) is 18.3 Å². The van der Waals surface area contributed by atoms with Gasteiger partial charge in [-0.3, -0.25) is 0 Å². The lowest BCUT2D eigenvalue weighted by atomic mass is 9.98. The largest absolute Gasteiger partial charge is 0.494 e. The molecule has 2 nitrogen and oxygen atoms in total. The van der Waals surface area contributed by atoms with E-state index < -0.39 is 0 Å². The van der Waals surface area contributed by atoms with Gasteiger partial charge in [-0.2, -0.15) is 0 Å². The van der Waals surface area contributed by atoms with Gasteiger partial charge in [0.25, 0.3) is 0 Å². The van der Waals surface area contributed by atoms with Crippen molar-refractivity contribution < 1.29 is 4.74 Å². The third kappa shape index (κ3) is 4.13. The van der Waals surface area contributed by atoms with E-state index in [-0.39, 0.29) is 6.04 Å². The van der Waals surface area contributed by atoms with Gasteiger partial charge in [-0.1, -0.05) is 48.3 Å². The monoisotopic (exact) mass is 323 g/mol. The third-order valence-electron chi connectivity index (χ3n) is 3.23. The summed E-state index contributed by atoms with van der Waals surface area (Å²) in [6.45, 7) is 2.81. The van der Waals surface area contributed by atoms with Gasteiger partial charge in [-0.05, 0) is 48.9 Å². The van der Waals surface area contributed by atoms with Crippen molar-refractivity contribution in [3.05, 3.63) is 63.6 Å². The molecule has 4 heteroatoms. The highest BCUT2D eigenvalue weighted by Gasteiger charge is 2.16. The van der Waals surface area contributed by atoms with Gasteiger partial charge >= 0.3 is 0 Å². The molecule has 0 aromatic heterocycles. The van der Waals surface area contributed by atoms with Crippen LogP contribution in [-0.4, -0.2) is 13.7 Å². The molecule has 0 saturated carbocycles. The standard InChI is InChI=1S/C17H19Cl2NO/c1-3-9-21-14-6-4-5-12(10-14)17(20-2)15-8-7-13(18)11-16(15)19/h4-8,10-11,17,20H,3,9H2,1-2H3. The number of ether oxygens (including phenoxy) is 1. The summed E-state index contributed by atoms with van der Waals surface area (Å²) in [7, 11) is 1.91. The van der Waals surface area contributed by atoms with Crippen LogP contribution in [0.1, 0.15) is 30.5 Å². The SMILES string of the molecule is CCCOc1cccc(C(NC)c2ccc(Cl)cc2Cl)c1. The first-order valence-electron chi connectivity index (χ1n) is 7.00. The van der Waals surface area contributed by atoms with Gasteiger partial charge in [-0.15, -0.1) is 0 Å². The van der Waals surface area contributed by atoms with Crippen molar-refractivity contribution in [3.63, 3.8) is 0 Å². The van der Waals surface area contributed by atoms with Crippen molar-refractivity contribution in [2.24, 2.45) is 0 Å². The molecule has 2 aromatic rings. The summed E-state index contributed by atoms with van der Waals surface area (Å²) in [6.07, 6.45) is 0.989. The second kappa shape index (κ2) is 7.69. The van der Waals surface area contributed by atoms with Crippen LogP contribution in [0, 0.1) is 0 Å². The predicted octanol–water partition coefficient (Wildman–Crippen LogP) is 5.09. The Bertz CT molecular complexity index is 601. The average Bonchev–Trinajstić information content (AvgIpc) is 2.48. The quantitative estimate of drug-likeness (QED) is 0.799. The molecule has 0 fully saturated rings. The summed E-state index contributed by atoms with van der Waals surface area (Å²) >= 11 is 12.3. The normalized spacial score (nSPS) is 12.2. The molecule has 0 heterocycles. The van der Waals surface area contributed by atoms with E-state index in [0.29, 0.717) is 10.0 Å². The summed E-state index contributed by atoms with van der Waals surface area (Å²) in [4.78, 5) is 0. The van der Waals surface area contributed by atoms with Gasteiger partial charge in [0.2, 0.25) is 0 Å². The van der Waals surface area contributed by atoms with Crippen molar-refractivity contribution in [3.8, 4) is 5.75 Å². The Labute approximate surface area is 136 Å². The first kappa shape index (κ1) is 16.2. The van der Waals surface area contributed by atoms with Crippen molar-refractivity contribution in [2.75, 3.05) is 13.7 Å². The molecule has 0 aliphatic heterocycles. The van der Waals surface area contributed by atoms with E-state index in [1.807, 2.05) is 37.4 Å². The fourth-order valence-corrected chi connectivity index (χ4v) is 2.76. The molecule has 0 aliphatic carbocycles. The zero-order valence-electron chi connectivity index (χ0n) is 12.2. The van der Waals surface area contributed by atoms with Crippen LogP contribution in [0.2, 0.25) is 10.0 Å². The lowest BCUT2D eigenvalue weighted by Crippen LogP contribution is -2.18. The molecule has 1 atom stereocenters. The van der Waals surface area contributed by atoms with Crippen LogP contribution in [0.5, 0.6) is 5.75 Å². The van der Waals surface area contributed by atoms with Gasteiger partial charge in [0.05, 0.1) is 12.6 Å². The summed E-state index contributed by atoms with van der Waals surface area (Å²) in [5, 5.41) is 4.59. The Kier molecular flexibility index (Phi) is 5.92. The maximum atomic E-state index is 6.32. The van der Waals surface area contributed by atoms with Gasteiger partial charge in [0.1, 0.15) is 5.75 Å². The molecule has 1 N–H and O–H groups in total. The minimum absolute atomic E-state index is 0.0000526. The Hall–Kier alpha value is -1.22.